The van der Waals surface area contributed by atoms with Crippen LogP contribution in [0.3, 0.4) is 0 Å². The Morgan fingerprint density at radius 2 is 1.67 bits per heavy atom. The van der Waals surface area contributed by atoms with E-state index in [-0.39, 0.29) is 33.4 Å². The molecule has 30 heavy (non-hydrogen) atoms. The van der Waals surface area contributed by atoms with E-state index in [1.54, 1.807) is 0 Å². The molecule has 1 aromatic heterocycles. The second-order valence-corrected chi connectivity index (χ2v) is 6.87. The molecule has 160 valence electrons. The van der Waals surface area contributed by atoms with Crippen molar-refractivity contribution in [2.24, 2.45) is 0 Å². The van der Waals surface area contributed by atoms with Gasteiger partial charge < -0.3 is 49.6 Å². The molecule has 0 amide bonds. The van der Waals surface area contributed by atoms with Crippen molar-refractivity contribution < 1.29 is 49.6 Å². The molecule has 4 rings (SSSR count). The number of hydrogen-bond acceptors (Lipinski definition) is 11. The van der Waals surface area contributed by atoms with Gasteiger partial charge in [-0.3, -0.25) is 4.79 Å². The average Bonchev–Trinajstić information content (AvgIpc) is 2.69. The predicted molar refractivity (Wildman–Crippen MR) is 99.4 cm³/mol. The van der Waals surface area contributed by atoms with Gasteiger partial charge in [-0.05, 0) is 12.1 Å². The summed E-state index contributed by atoms with van der Waals surface area (Å²) in [5.41, 5.74) is -1.29. The van der Waals surface area contributed by atoms with Gasteiger partial charge in [0.1, 0.15) is 58.0 Å². The quantitative estimate of drug-likeness (QED) is 0.263. The number of phenolic OH excluding ortho intramolecular Hbond substituents is 3. The fraction of sp³-hybridized carbons (Fsp3) is 0.316. The topological polar surface area (TPSA) is 190 Å². The van der Waals surface area contributed by atoms with Crippen LogP contribution in [0.4, 0.5) is 0 Å². The van der Waals surface area contributed by atoms with Gasteiger partial charge in [0.2, 0.25) is 11.7 Å². The van der Waals surface area contributed by atoms with Crippen molar-refractivity contribution in [3.63, 3.8) is 0 Å². The molecule has 2 aromatic carbocycles. The van der Waals surface area contributed by atoms with Gasteiger partial charge in [0, 0.05) is 12.1 Å². The van der Waals surface area contributed by atoms with Gasteiger partial charge in [-0.1, -0.05) is 0 Å². The van der Waals surface area contributed by atoms with E-state index in [0.29, 0.717) is 0 Å². The summed E-state index contributed by atoms with van der Waals surface area (Å²) in [5.74, 6) is -1.59. The molecular weight excluding hydrogens is 404 g/mol. The van der Waals surface area contributed by atoms with Gasteiger partial charge >= 0.3 is 0 Å². The molecule has 1 fully saturated rings. The molecule has 11 nitrogen and oxygen atoms in total. The molecular formula is C19H18O11. The Morgan fingerprint density at radius 3 is 2.37 bits per heavy atom. The zero-order valence-corrected chi connectivity index (χ0v) is 15.2. The number of aliphatic hydroxyl groups excluding tert-OH is 4. The number of rotatable bonds is 3. The maximum Gasteiger partial charge on any atom is 0.229 e. The number of aliphatic hydroxyl groups is 4. The summed E-state index contributed by atoms with van der Waals surface area (Å²) in [7, 11) is 0. The van der Waals surface area contributed by atoms with Gasteiger partial charge in [-0.25, -0.2) is 0 Å². The molecule has 7 N–H and O–H groups in total. The molecule has 0 bridgehead atoms. The number of fused-ring (bicyclic) bond motifs is 2. The second kappa shape index (κ2) is 7.31. The van der Waals surface area contributed by atoms with Crippen molar-refractivity contribution in [2.75, 3.05) is 6.61 Å². The fourth-order valence-corrected chi connectivity index (χ4v) is 3.39. The highest BCUT2D eigenvalue weighted by Crippen LogP contribution is 2.37. The molecule has 1 aliphatic heterocycles. The van der Waals surface area contributed by atoms with Crippen LogP contribution in [0, 0.1) is 0 Å². The first-order valence-electron chi connectivity index (χ1n) is 8.84. The summed E-state index contributed by atoms with van der Waals surface area (Å²) in [5, 5.41) is 68.4. The Hall–Kier alpha value is -3.09. The van der Waals surface area contributed by atoms with Crippen LogP contribution in [-0.4, -0.2) is 73.1 Å². The van der Waals surface area contributed by atoms with E-state index in [1.165, 1.54) is 6.07 Å². The minimum Gasteiger partial charge on any atom is -0.508 e. The van der Waals surface area contributed by atoms with Crippen molar-refractivity contribution in [3.8, 4) is 23.0 Å². The third-order valence-electron chi connectivity index (χ3n) is 4.92. The standard InChI is InChI=1S/C19H18O11/c20-5-11-14(24)16(26)17(27)19(30-11)29-9-2-1-7(22)13-15(25)12-8(23)3-6(21)4-10(12)28-18(9)13/h1-4,11,14,16-17,19-24,26-27H,5H2. The maximum atomic E-state index is 12.8. The summed E-state index contributed by atoms with van der Waals surface area (Å²) < 4.78 is 16.4. The van der Waals surface area contributed by atoms with E-state index < -0.39 is 54.2 Å². The highest BCUT2D eigenvalue weighted by Gasteiger charge is 2.45. The summed E-state index contributed by atoms with van der Waals surface area (Å²) in [6.07, 6.45) is -7.78. The monoisotopic (exact) mass is 422 g/mol. The molecule has 11 heteroatoms. The molecule has 2 heterocycles. The minimum absolute atomic E-state index is 0.186. The lowest BCUT2D eigenvalue weighted by atomic mass is 9.99. The molecule has 1 aliphatic rings. The van der Waals surface area contributed by atoms with Crippen molar-refractivity contribution in [2.45, 2.75) is 30.7 Å². The van der Waals surface area contributed by atoms with Crippen molar-refractivity contribution in [3.05, 3.63) is 34.5 Å². The first kappa shape index (κ1) is 20.2. The van der Waals surface area contributed by atoms with Gasteiger partial charge in [-0.15, -0.1) is 0 Å². The predicted octanol–water partition coefficient (Wildman–Crippen LogP) is -0.758. The van der Waals surface area contributed by atoms with E-state index in [9.17, 15) is 40.5 Å². The Kier molecular flexibility index (Phi) is 4.92. The van der Waals surface area contributed by atoms with E-state index in [2.05, 4.69) is 0 Å². The smallest absolute Gasteiger partial charge is 0.229 e. The van der Waals surface area contributed by atoms with Gasteiger partial charge in [0.05, 0.1) is 6.61 Å². The van der Waals surface area contributed by atoms with E-state index in [0.717, 1.165) is 18.2 Å². The van der Waals surface area contributed by atoms with Crippen LogP contribution in [-0.2, 0) is 4.74 Å². The lowest BCUT2D eigenvalue weighted by Gasteiger charge is -2.39. The van der Waals surface area contributed by atoms with Gasteiger partial charge in [0.15, 0.2) is 11.3 Å². The third kappa shape index (κ3) is 3.09. The van der Waals surface area contributed by atoms with Crippen LogP contribution in [0.1, 0.15) is 0 Å². The zero-order valence-electron chi connectivity index (χ0n) is 15.2. The summed E-state index contributed by atoms with van der Waals surface area (Å²) in [6.45, 7) is -0.667. The highest BCUT2D eigenvalue weighted by atomic mass is 16.7. The summed E-state index contributed by atoms with van der Waals surface area (Å²) in [4.78, 5) is 12.8. The van der Waals surface area contributed by atoms with Crippen LogP contribution in [0.25, 0.3) is 21.9 Å². The van der Waals surface area contributed by atoms with Crippen LogP contribution in [0.5, 0.6) is 23.0 Å². The molecule has 0 radical (unpaired) electrons. The first-order valence-corrected chi connectivity index (χ1v) is 8.84. The van der Waals surface area contributed by atoms with E-state index in [4.69, 9.17) is 13.9 Å². The lowest BCUT2D eigenvalue weighted by Crippen LogP contribution is -2.60. The largest absolute Gasteiger partial charge is 0.508 e. The molecule has 1 saturated heterocycles. The number of aromatic hydroxyl groups is 3. The Bertz CT molecular complexity index is 1170. The molecule has 0 aliphatic carbocycles. The SMILES string of the molecule is O=c1c2c(O)cc(O)cc2oc2c(OC3OC(CO)C(O)C(O)C3O)ccc(O)c12. The third-order valence-corrected chi connectivity index (χ3v) is 4.92. The highest BCUT2D eigenvalue weighted by molar-refractivity contribution is 5.98. The summed E-state index contributed by atoms with van der Waals surface area (Å²) >= 11 is 0. The molecule has 3 aromatic rings. The van der Waals surface area contributed by atoms with Gasteiger partial charge in [-0.2, -0.15) is 0 Å². The summed E-state index contributed by atoms with van der Waals surface area (Å²) in [6, 6.07) is 4.34. The van der Waals surface area contributed by atoms with Crippen molar-refractivity contribution in [1.82, 2.24) is 0 Å². The lowest BCUT2D eigenvalue weighted by molar-refractivity contribution is -0.277. The Labute approximate surface area is 167 Å². The fourth-order valence-electron chi connectivity index (χ4n) is 3.39. The van der Waals surface area contributed by atoms with Gasteiger partial charge in [0.25, 0.3) is 0 Å². The maximum absolute atomic E-state index is 12.8. The normalized spacial score (nSPS) is 26.9. The Balaban J connectivity index is 1.86. The number of hydrogen-bond donors (Lipinski definition) is 7. The van der Waals surface area contributed by atoms with Crippen LogP contribution in [0.2, 0.25) is 0 Å². The number of phenols is 3. The average molecular weight is 422 g/mol. The molecule has 5 unspecified atom stereocenters. The number of benzene rings is 2. The molecule has 5 atom stereocenters. The van der Waals surface area contributed by atoms with E-state index in [1.807, 2.05) is 0 Å². The van der Waals surface area contributed by atoms with Crippen molar-refractivity contribution >= 4 is 21.9 Å². The Morgan fingerprint density at radius 1 is 0.933 bits per heavy atom. The number of ether oxygens (including phenoxy) is 2. The second-order valence-electron chi connectivity index (χ2n) is 6.87. The van der Waals surface area contributed by atoms with Crippen LogP contribution < -0.4 is 10.2 Å². The zero-order chi connectivity index (χ0) is 21.7. The molecule has 0 spiro atoms. The van der Waals surface area contributed by atoms with E-state index >= 15 is 0 Å². The van der Waals surface area contributed by atoms with Crippen molar-refractivity contribution in [1.29, 1.82) is 0 Å². The van der Waals surface area contributed by atoms with Crippen LogP contribution >= 0.6 is 0 Å². The molecule has 0 saturated carbocycles. The first-order chi connectivity index (χ1) is 14.2. The van der Waals surface area contributed by atoms with Crippen LogP contribution in [0.15, 0.2) is 33.5 Å². The minimum atomic E-state index is -1.72.